The predicted molar refractivity (Wildman–Crippen MR) is 146 cm³/mol. The fourth-order valence-electron chi connectivity index (χ4n) is 6.37. The van der Waals surface area contributed by atoms with Gasteiger partial charge in [-0.2, -0.15) is 0 Å². The molecule has 3 fully saturated rings. The summed E-state index contributed by atoms with van der Waals surface area (Å²) in [5.74, 6) is -1.28. The Labute approximate surface area is 233 Å². The minimum Gasteiger partial charge on any atom is -0.481 e. The summed E-state index contributed by atoms with van der Waals surface area (Å²) in [4.78, 5) is 55.3. The molecule has 4 heterocycles. The van der Waals surface area contributed by atoms with Crippen molar-refractivity contribution in [3.63, 3.8) is 0 Å². The van der Waals surface area contributed by atoms with E-state index in [4.69, 9.17) is 5.11 Å². The zero-order chi connectivity index (χ0) is 26.8. The normalized spacial score (nSPS) is 22.4. The number of halogens is 2. The summed E-state index contributed by atoms with van der Waals surface area (Å²) >= 11 is 0. The second kappa shape index (κ2) is 12.5. The van der Waals surface area contributed by atoms with Gasteiger partial charge in [-0.15, -0.1) is 12.4 Å². The van der Waals surface area contributed by atoms with E-state index < -0.39 is 12.0 Å². The van der Waals surface area contributed by atoms with E-state index in [0.717, 1.165) is 56.8 Å². The van der Waals surface area contributed by atoms with Crippen molar-refractivity contribution in [1.29, 1.82) is 0 Å². The second-order valence-corrected chi connectivity index (χ2v) is 10.8. The first-order chi connectivity index (χ1) is 18.3. The Morgan fingerprint density at radius 1 is 0.949 bits per heavy atom. The first-order valence-electron chi connectivity index (χ1n) is 13.7. The van der Waals surface area contributed by atoms with Gasteiger partial charge in [-0.05, 0) is 43.7 Å². The van der Waals surface area contributed by atoms with Crippen molar-refractivity contribution in [2.75, 3.05) is 62.2 Å². The second-order valence-electron chi connectivity index (χ2n) is 10.8. The molecule has 1 aromatic rings. The molecule has 4 aliphatic heterocycles. The molecular formula is C27H37ClFN5O5. The van der Waals surface area contributed by atoms with Gasteiger partial charge in [-0.3, -0.25) is 29.4 Å². The molecule has 10 nitrogen and oxygen atoms in total. The van der Waals surface area contributed by atoms with Crippen LogP contribution in [-0.2, 0) is 25.6 Å². The highest BCUT2D eigenvalue weighted by Crippen LogP contribution is 2.40. The lowest BCUT2D eigenvalue weighted by atomic mass is 9.95. The minimum absolute atomic E-state index is 0. The highest BCUT2D eigenvalue weighted by Gasteiger charge is 2.37. The Kier molecular flexibility index (Phi) is 9.32. The molecule has 1 unspecified atom stereocenters. The maximum absolute atomic E-state index is 15.1. The van der Waals surface area contributed by atoms with Gasteiger partial charge in [0, 0.05) is 76.5 Å². The summed E-state index contributed by atoms with van der Waals surface area (Å²) in [6.07, 6.45) is 3.23. The number of rotatable bonds is 7. The smallest absolute Gasteiger partial charge is 0.303 e. The Balaban J connectivity index is 0.00000353. The SMILES string of the molecule is Cl.O=C(O)CCC(=O)N1CCC(CN2CCN(c3c(F)ccc4c3CCN4C3CCC(=O)NC3=O)CC2)CC1. The van der Waals surface area contributed by atoms with Crippen molar-refractivity contribution < 1.29 is 28.7 Å². The summed E-state index contributed by atoms with van der Waals surface area (Å²) in [6.45, 7) is 6.04. The quantitative estimate of drug-likeness (QED) is 0.480. The van der Waals surface area contributed by atoms with Gasteiger partial charge in [-0.25, -0.2) is 4.39 Å². The molecule has 0 saturated carbocycles. The van der Waals surface area contributed by atoms with E-state index in [1.54, 1.807) is 11.0 Å². The van der Waals surface area contributed by atoms with Crippen molar-refractivity contribution in [3.05, 3.63) is 23.5 Å². The Morgan fingerprint density at radius 2 is 1.67 bits per heavy atom. The molecule has 1 aromatic carbocycles. The molecule has 0 spiro atoms. The van der Waals surface area contributed by atoms with E-state index in [-0.39, 0.29) is 48.8 Å². The van der Waals surface area contributed by atoms with Crippen molar-refractivity contribution >= 4 is 47.5 Å². The van der Waals surface area contributed by atoms with Crippen LogP contribution >= 0.6 is 12.4 Å². The fraction of sp³-hybridized carbons (Fsp3) is 0.630. The molecule has 5 rings (SSSR count). The third kappa shape index (κ3) is 6.46. The number of piperidine rings is 2. The number of amides is 3. The number of hydrogen-bond acceptors (Lipinski definition) is 7. The largest absolute Gasteiger partial charge is 0.481 e. The van der Waals surface area contributed by atoms with Crippen LogP contribution in [0.3, 0.4) is 0 Å². The van der Waals surface area contributed by atoms with E-state index in [1.165, 1.54) is 6.07 Å². The molecular weight excluding hydrogens is 529 g/mol. The standard InChI is InChI=1S/C27H36FN5O5.ClH/c28-20-1-2-21-19(9-12-33(21)22-3-4-23(34)29-27(22)38)26(20)32-15-13-30(14-16-32)17-18-7-10-31(11-8-18)24(35)5-6-25(36)37;/h1-2,18,22H,3-17H2,(H,36,37)(H,29,34,38);1H. The zero-order valence-electron chi connectivity index (χ0n) is 22.1. The van der Waals surface area contributed by atoms with Crippen LogP contribution in [0.25, 0.3) is 0 Å². The number of carboxylic acids is 1. The third-order valence-corrected chi connectivity index (χ3v) is 8.43. The van der Waals surface area contributed by atoms with Gasteiger partial charge in [0.2, 0.25) is 17.7 Å². The highest BCUT2D eigenvalue weighted by molar-refractivity contribution is 6.02. The monoisotopic (exact) mass is 565 g/mol. The highest BCUT2D eigenvalue weighted by atomic mass is 35.5. The van der Waals surface area contributed by atoms with Crippen LogP contribution in [0.15, 0.2) is 12.1 Å². The summed E-state index contributed by atoms with van der Waals surface area (Å²) in [6, 6.07) is 2.86. The maximum atomic E-state index is 15.1. The van der Waals surface area contributed by atoms with E-state index >= 15 is 4.39 Å². The van der Waals surface area contributed by atoms with Gasteiger partial charge >= 0.3 is 5.97 Å². The zero-order valence-corrected chi connectivity index (χ0v) is 22.9. The molecule has 0 radical (unpaired) electrons. The molecule has 0 aliphatic carbocycles. The number of carbonyl (C=O) groups excluding carboxylic acids is 3. The molecule has 1 atom stereocenters. The topological polar surface area (TPSA) is 114 Å². The van der Waals surface area contributed by atoms with Gasteiger partial charge in [-0.1, -0.05) is 0 Å². The fourth-order valence-corrected chi connectivity index (χ4v) is 6.37. The van der Waals surface area contributed by atoms with Crippen LogP contribution in [0.5, 0.6) is 0 Å². The van der Waals surface area contributed by atoms with E-state index in [1.807, 2.05) is 4.90 Å². The summed E-state index contributed by atoms with van der Waals surface area (Å²) in [5, 5.41) is 11.2. The average molecular weight is 566 g/mol. The van der Waals surface area contributed by atoms with Crippen LogP contribution < -0.4 is 15.1 Å². The molecule has 0 bridgehead atoms. The number of anilines is 2. The molecule has 3 amide bonds. The number of imide groups is 1. The number of nitrogens with zero attached hydrogens (tertiary/aromatic N) is 4. The number of piperazine rings is 1. The van der Waals surface area contributed by atoms with Crippen LogP contribution in [0.1, 0.15) is 44.1 Å². The number of nitrogens with one attached hydrogen (secondary N) is 1. The van der Waals surface area contributed by atoms with Crippen LogP contribution in [-0.4, -0.2) is 97.0 Å². The predicted octanol–water partition coefficient (Wildman–Crippen LogP) is 1.64. The molecule has 3 saturated heterocycles. The number of fused-ring (bicyclic) bond motifs is 1. The average Bonchev–Trinajstić information content (AvgIpc) is 3.32. The van der Waals surface area contributed by atoms with Crippen molar-refractivity contribution in [2.45, 2.75) is 51.0 Å². The Morgan fingerprint density at radius 3 is 2.33 bits per heavy atom. The van der Waals surface area contributed by atoms with E-state index in [2.05, 4.69) is 15.1 Å². The van der Waals surface area contributed by atoms with Crippen LogP contribution in [0.4, 0.5) is 15.8 Å². The summed E-state index contributed by atoms with van der Waals surface area (Å²) < 4.78 is 15.1. The lowest BCUT2D eigenvalue weighted by molar-refractivity contribution is -0.141. The van der Waals surface area contributed by atoms with Gasteiger partial charge in [0.1, 0.15) is 11.9 Å². The minimum atomic E-state index is -0.945. The number of aliphatic carboxylic acids is 1. The Hall–Kier alpha value is -2.92. The van der Waals surface area contributed by atoms with E-state index in [9.17, 15) is 19.2 Å². The molecule has 4 aliphatic rings. The molecule has 39 heavy (non-hydrogen) atoms. The van der Waals surface area contributed by atoms with Gasteiger partial charge in [0.25, 0.3) is 0 Å². The van der Waals surface area contributed by atoms with Crippen LogP contribution in [0, 0.1) is 11.7 Å². The summed E-state index contributed by atoms with van der Waals surface area (Å²) in [5.41, 5.74) is 2.48. The number of carbonyl (C=O) groups is 4. The lowest BCUT2D eigenvalue weighted by Gasteiger charge is -2.40. The molecule has 214 valence electrons. The first kappa shape index (κ1) is 29.1. The Bertz CT molecular complexity index is 1100. The molecule has 0 aromatic heterocycles. The number of hydrogen-bond donors (Lipinski definition) is 2. The van der Waals surface area contributed by atoms with Gasteiger partial charge < -0.3 is 19.8 Å². The van der Waals surface area contributed by atoms with Crippen molar-refractivity contribution in [3.8, 4) is 0 Å². The molecule has 2 N–H and O–H groups in total. The van der Waals surface area contributed by atoms with Gasteiger partial charge in [0.05, 0.1) is 12.1 Å². The first-order valence-corrected chi connectivity index (χ1v) is 13.7. The van der Waals surface area contributed by atoms with Gasteiger partial charge in [0.15, 0.2) is 0 Å². The number of likely N-dealkylation sites (tertiary alicyclic amines) is 1. The maximum Gasteiger partial charge on any atom is 0.303 e. The van der Waals surface area contributed by atoms with Crippen LogP contribution in [0.2, 0.25) is 0 Å². The molecule has 12 heteroatoms. The third-order valence-electron chi connectivity index (χ3n) is 8.43. The number of benzene rings is 1. The number of carboxylic acid groups (broad SMARTS) is 1. The van der Waals surface area contributed by atoms with E-state index in [0.29, 0.717) is 50.5 Å². The lowest BCUT2D eigenvalue weighted by Crippen LogP contribution is -2.52. The van der Waals surface area contributed by atoms with Crippen molar-refractivity contribution in [1.82, 2.24) is 15.1 Å². The van der Waals surface area contributed by atoms with Crippen molar-refractivity contribution in [2.24, 2.45) is 5.92 Å². The summed E-state index contributed by atoms with van der Waals surface area (Å²) in [7, 11) is 0.